The SMILES string of the molecule is NC1CCC(c2nc(Cc3ccccc3F)no2)C1. The Labute approximate surface area is 110 Å². The van der Waals surface area contributed by atoms with Crippen LogP contribution in [0.5, 0.6) is 0 Å². The van der Waals surface area contributed by atoms with Crippen LogP contribution in [0.15, 0.2) is 28.8 Å². The monoisotopic (exact) mass is 261 g/mol. The molecule has 0 radical (unpaired) electrons. The van der Waals surface area contributed by atoms with Gasteiger partial charge < -0.3 is 10.3 Å². The van der Waals surface area contributed by atoms with Gasteiger partial charge >= 0.3 is 0 Å². The summed E-state index contributed by atoms with van der Waals surface area (Å²) in [6, 6.07) is 6.87. The smallest absolute Gasteiger partial charge is 0.229 e. The fraction of sp³-hybridized carbons (Fsp3) is 0.429. The van der Waals surface area contributed by atoms with Crippen molar-refractivity contribution in [2.24, 2.45) is 5.73 Å². The minimum Gasteiger partial charge on any atom is -0.339 e. The minimum absolute atomic E-state index is 0.229. The molecule has 100 valence electrons. The summed E-state index contributed by atoms with van der Waals surface area (Å²) < 4.78 is 18.8. The maximum absolute atomic E-state index is 13.5. The van der Waals surface area contributed by atoms with Crippen molar-refractivity contribution in [1.82, 2.24) is 10.1 Å². The first-order valence-corrected chi connectivity index (χ1v) is 6.54. The molecule has 19 heavy (non-hydrogen) atoms. The summed E-state index contributed by atoms with van der Waals surface area (Å²) in [4.78, 5) is 4.36. The van der Waals surface area contributed by atoms with Crippen molar-refractivity contribution in [2.45, 2.75) is 37.6 Å². The largest absolute Gasteiger partial charge is 0.339 e. The van der Waals surface area contributed by atoms with Gasteiger partial charge in [0.1, 0.15) is 5.82 Å². The number of hydrogen-bond donors (Lipinski definition) is 1. The van der Waals surface area contributed by atoms with Crippen LogP contribution in [0.25, 0.3) is 0 Å². The second-order valence-electron chi connectivity index (χ2n) is 5.09. The third-order valence-corrected chi connectivity index (χ3v) is 3.61. The van der Waals surface area contributed by atoms with Crippen molar-refractivity contribution in [3.63, 3.8) is 0 Å². The fourth-order valence-electron chi connectivity index (χ4n) is 2.56. The van der Waals surface area contributed by atoms with Crippen LogP contribution in [0.4, 0.5) is 4.39 Å². The Morgan fingerprint density at radius 3 is 2.89 bits per heavy atom. The molecule has 0 aliphatic heterocycles. The highest BCUT2D eigenvalue weighted by Gasteiger charge is 2.27. The molecule has 2 aromatic rings. The highest BCUT2D eigenvalue weighted by molar-refractivity contribution is 5.20. The van der Waals surface area contributed by atoms with E-state index in [0.717, 1.165) is 19.3 Å². The lowest BCUT2D eigenvalue weighted by atomic mass is 10.1. The van der Waals surface area contributed by atoms with Gasteiger partial charge in [0.2, 0.25) is 5.89 Å². The standard InChI is InChI=1S/C14H16FN3O/c15-12-4-2-1-3-9(12)8-13-17-14(19-18-13)10-5-6-11(16)7-10/h1-4,10-11H,5-8,16H2. The molecule has 3 rings (SSSR count). The maximum Gasteiger partial charge on any atom is 0.229 e. The number of benzene rings is 1. The lowest BCUT2D eigenvalue weighted by Crippen LogP contribution is -2.14. The highest BCUT2D eigenvalue weighted by atomic mass is 19.1. The van der Waals surface area contributed by atoms with Gasteiger partial charge in [0.25, 0.3) is 0 Å². The van der Waals surface area contributed by atoms with Crippen molar-refractivity contribution in [2.75, 3.05) is 0 Å². The van der Waals surface area contributed by atoms with Gasteiger partial charge in [-0.1, -0.05) is 23.4 Å². The number of nitrogens with two attached hydrogens (primary N) is 1. The average Bonchev–Trinajstić information content (AvgIpc) is 3.01. The van der Waals surface area contributed by atoms with Gasteiger partial charge in [-0.15, -0.1) is 0 Å². The van der Waals surface area contributed by atoms with Crippen LogP contribution >= 0.6 is 0 Å². The van der Waals surface area contributed by atoms with E-state index in [1.165, 1.54) is 6.07 Å². The van der Waals surface area contributed by atoms with E-state index in [1.54, 1.807) is 18.2 Å². The molecule has 1 fully saturated rings. The third-order valence-electron chi connectivity index (χ3n) is 3.61. The Morgan fingerprint density at radius 1 is 1.32 bits per heavy atom. The molecule has 1 aromatic heterocycles. The molecule has 0 spiro atoms. The van der Waals surface area contributed by atoms with E-state index in [0.29, 0.717) is 23.7 Å². The lowest BCUT2D eigenvalue weighted by Gasteiger charge is -2.01. The quantitative estimate of drug-likeness (QED) is 0.921. The molecule has 2 N–H and O–H groups in total. The summed E-state index contributed by atoms with van der Waals surface area (Å²) in [6.07, 6.45) is 3.23. The molecule has 0 saturated heterocycles. The molecular formula is C14H16FN3O. The number of aromatic nitrogens is 2. The van der Waals surface area contributed by atoms with E-state index in [1.807, 2.05) is 0 Å². The summed E-state index contributed by atoms with van der Waals surface area (Å²) in [5, 5.41) is 3.93. The maximum atomic E-state index is 13.5. The van der Waals surface area contributed by atoms with Gasteiger partial charge in [-0.2, -0.15) is 4.98 Å². The molecule has 2 unspecified atom stereocenters. The third kappa shape index (κ3) is 2.66. The second-order valence-corrected chi connectivity index (χ2v) is 5.09. The molecule has 0 bridgehead atoms. The summed E-state index contributed by atoms with van der Waals surface area (Å²) in [5.74, 6) is 1.19. The Morgan fingerprint density at radius 2 is 2.16 bits per heavy atom. The van der Waals surface area contributed by atoms with E-state index < -0.39 is 0 Å². The van der Waals surface area contributed by atoms with Gasteiger partial charge in [-0.3, -0.25) is 0 Å². The van der Waals surface area contributed by atoms with Crippen LogP contribution in [0.3, 0.4) is 0 Å². The van der Waals surface area contributed by atoms with Crippen molar-refractivity contribution in [3.05, 3.63) is 47.4 Å². The van der Waals surface area contributed by atoms with Crippen molar-refractivity contribution in [3.8, 4) is 0 Å². The molecule has 1 aliphatic rings. The van der Waals surface area contributed by atoms with Crippen LogP contribution in [-0.4, -0.2) is 16.2 Å². The summed E-state index contributed by atoms with van der Waals surface area (Å²) >= 11 is 0. The normalized spacial score (nSPS) is 22.8. The molecule has 0 amide bonds. The first-order valence-electron chi connectivity index (χ1n) is 6.54. The predicted octanol–water partition coefficient (Wildman–Crippen LogP) is 2.39. The molecule has 1 heterocycles. The number of nitrogens with zero attached hydrogens (tertiary/aromatic N) is 2. The van der Waals surface area contributed by atoms with Crippen LogP contribution in [0.1, 0.15) is 42.5 Å². The molecular weight excluding hydrogens is 245 g/mol. The summed E-state index contributed by atoms with van der Waals surface area (Å²) in [5.41, 5.74) is 6.45. The number of hydrogen-bond acceptors (Lipinski definition) is 4. The van der Waals surface area contributed by atoms with Crippen molar-refractivity contribution < 1.29 is 8.91 Å². The van der Waals surface area contributed by atoms with E-state index >= 15 is 0 Å². The van der Waals surface area contributed by atoms with Crippen molar-refractivity contribution in [1.29, 1.82) is 0 Å². The van der Waals surface area contributed by atoms with Crippen molar-refractivity contribution >= 4 is 0 Å². The Hall–Kier alpha value is -1.75. The van der Waals surface area contributed by atoms with Crippen LogP contribution in [0, 0.1) is 5.82 Å². The molecule has 5 heteroatoms. The predicted molar refractivity (Wildman–Crippen MR) is 68.1 cm³/mol. The van der Waals surface area contributed by atoms with Crippen LogP contribution < -0.4 is 5.73 Å². The lowest BCUT2D eigenvalue weighted by molar-refractivity contribution is 0.349. The first kappa shape index (κ1) is 12.3. The Kier molecular flexibility index (Phi) is 3.29. The number of rotatable bonds is 3. The summed E-state index contributed by atoms with van der Waals surface area (Å²) in [6.45, 7) is 0. The molecule has 1 saturated carbocycles. The molecule has 4 nitrogen and oxygen atoms in total. The zero-order chi connectivity index (χ0) is 13.2. The van der Waals surface area contributed by atoms with E-state index in [4.69, 9.17) is 10.3 Å². The minimum atomic E-state index is -0.239. The average molecular weight is 261 g/mol. The molecule has 2 atom stereocenters. The topological polar surface area (TPSA) is 64.9 Å². The Balaban J connectivity index is 1.73. The van der Waals surface area contributed by atoms with Crippen LogP contribution in [-0.2, 0) is 6.42 Å². The molecule has 1 aromatic carbocycles. The zero-order valence-corrected chi connectivity index (χ0v) is 10.6. The summed E-state index contributed by atoms with van der Waals surface area (Å²) in [7, 11) is 0. The van der Waals surface area contributed by atoms with E-state index in [9.17, 15) is 4.39 Å². The van der Waals surface area contributed by atoms with E-state index in [2.05, 4.69) is 10.1 Å². The van der Waals surface area contributed by atoms with Gasteiger partial charge in [0.05, 0.1) is 0 Å². The zero-order valence-electron chi connectivity index (χ0n) is 10.6. The van der Waals surface area contributed by atoms with Gasteiger partial charge in [0.15, 0.2) is 5.82 Å². The van der Waals surface area contributed by atoms with E-state index in [-0.39, 0.29) is 17.8 Å². The Bertz CT molecular complexity index is 569. The van der Waals surface area contributed by atoms with Gasteiger partial charge in [-0.25, -0.2) is 4.39 Å². The van der Waals surface area contributed by atoms with Crippen LogP contribution in [0.2, 0.25) is 0 Å². The second kappa shape index (κ2) is 5.09. The number of halogens is 1. The molecule has 1 aliphatic carbocycles. The fourth-order valence-corrected chi connectivity index (χ4v) is 2.56. The van der Waals surface area contributed by atoms with Gasteiger partial charge in [-0.05, 0) is 30.9 Å². The first-order chi connectivity index (χ1) is 9.22. The van der Waals surface area contributed by atoms with Gasteiger partial charge in [0, 0.05) is 18.4 Å². The highest BCUT2D eigenvalue weighted by Crippen LogP contribution is 2.32.